The Balaban J connectivity index is 0.986. The molecule has 2 heteroatoms. The zero-order chi connectivity index (χ0) is 39.7. The molecule has 0 saturated heterocycles. The Bertz CT molecular complexity index is 3220. The van der Waals surface area contributed by atoms with Gasteiger partial charge < -0.3 is 9.32 Å². The van der Waals surface area contributed by atoms with Crippen molar-refractivity contribution in [1.29, 1.82) is 0 Å². The van der Waals surface area contributed by atoms with Crippen molar-refractivity contribution in [3.8, 4) is 44.5 Å². The van der Waals surface area contributed by atoms with Gasteiger partial charge in [-0.25, -0.2) is 0 Å². The summed E-state index contributed by atoms with van der Waals surface area (Å²) in [6.45, 7) is 4.78. The first-order valence-corrected chi connectivity index (χ1v) is 21.9. The lowest BCUT2D eigenvalue weighted by Crippen LogP contribution is -2.32. The molecule has 2 saturated carbocycles. The molecule has 3 atom stereocenters. The Kier molecular flexibility index (Phi) is 7.10. The fourth-order valence-corrected chi connectivity index (χ4v) is 12.7. The van der Waals surface area contributed by atoms with Crippen LogP contribution >= 0.6 is 0 Å². The van der Waals surface area contributed by atoms with E-state index in [1.807, 2.05) is 6.07 Å². The third-order valence-electron chi connectivity index (χ3n) is 15.1. The molecule has 2 fully saturated rings. The number of nitrogens with zero attached hydrogens (tertiary/aromatic N) is 1. The summed E-state index contributed by atoms with van der Waals surface area (Å²) in [4.78, 5) is 2.51. The van der Waals surface area contributed by atoms with E-state index in [9.17, 15) is 0 Å². The van der Waals surface area contributed by atoms with Crippen LogP contribution in [0.5, 0.6) is 0 Å². The van der Waals surface area contributed by atoms with Gasteiger partial charge in [0.05, 0.1) is 0 Å². The average Bonchev–Trinajstić information content (AvgIpc) is 4.11. The third kappa shape index (κ3) is 4.65. The maximum atomic E-state index is 6.31. The Morgan fingerprint density at radius 3 is 1.97 bits per heavy atom. The Hall–Kier alpha value is -6.64. The molecule has 13 rings (SSSR count). The Morgan fingerprint density at radius 1 is 0.483 bits per heavy atom. The summed E-state index contributed by atoms with van der Waals surface area (Å²) < 4.78 is 6.31. The smallest absolute Gasteiger partial charge is 0.136 e. The summed E-state index contributed by atoms with van der Waals surface area (Å²) in [6, 6.07) is 65.9. The highest BCUT2D eigenvalue weighted by Gasteiger charge is 2.56. The van der Waals surface area contributed by atoms with Crippen molar-refractivity contribution in [2.24, 2.45) is 11.8 Å². The van der Waals surface area contributed by atoms with E-state index in [1.165, 1.54) is 98.0 Å². The van der Waals surface area contributed by atoms with E-state index >= 15 is 0 Å². The molecule has 288 valence electrons. The van der Waals surface area contributed by atoms with E-state index in [-0.39, 0.29) is 10.8 Å². The van der Waals surface area contributed by atoms with Crippen LogP contribution in [0.2, 0.25) is 0 Å². The van der Waals surface area contributed by atoms with Crippen molar-refractivity contribution in [2.45, 2.75) is 50.4 Å². The van der Waals surface area contributed by atoms with Crippen molar-refractivity contribution >= 4 is 39.0 Å². The molecule has 2 bridgehead atoms. The summed E-state index contributed by atoms with van der Waals surface area (Å²) in [7, 11) is 0. The van der Waals surface area contributed by atoms with Gasteiger partial charge in [-0.3, -0.25) is 0 Å². The number of anilines is 3. The molecule has 9 aromatic rings. The van der Waals surface area contributed by atoms with Crippen LogP contribution in [-0.4, -0.2) is 0 Å². The second kappa shape index (κ2) is 12.4. The molecule has 3 unspecified atom stereocenters. The molecule has 2 nitrogen and oxygen atoms in total. The zero-order valence-corrected chi connectivity index (χ0v) is 34.1. The number of hydrogen-bond donors (Lipinski definition) is 0. The molecular weight excluding hydrogens is 727 g/mol. The SMILES string of the molecule is CC1(C)c2ccccc2-c2cccc(-c3cccc(N(c4ccc(-c5cccc6oc7ccccc7c56)cc4)c4ccc5c(c4)C4(CC6CCC4C6)c4ccccc4-5)c3)c21. The average molecular weight is 772 g/mol. The van der Waals surface area contributed by atoms with Crippen LogP contribution in [0.25, 0.3) is 66.4 Å². The molecule has 0 amide bonds. The number of furan rings is 1. The molecule has 4 aliphatic carbocycles. The third-order valence-corrected chi connectivity index (χ3v) is 15.1. The molecule has 0 aliphatic heterocycles. The minimum atomic E-state index is -0.110. The van der Waals surface area contributed by atoms with Gasteiger partial charge in [0.2, 0.25) is 0 Å². The minimum absolute atomic E-state index is 0.0967. The largest absolute Gasteiger partial charge is 0.456 e. The van der Waals surface area contributed by atoms with Crippen molar-refractivity contribution < 1.29 is 4.42 Å². The van der Waals surface area contributed by atoms with E-state index in [4.69, 9.17) is 4.42 Å². The van der Waals surface area contributed by atoms with E-state index in [1.54, 1.807) is 5.56 Å². The van der Waals surface area contributed by atoms with E-state index in [0.29, 0.717) is 5.92 Å². The standard InChI is InChI=1S/C58H45NO/c1-57(2)50-20-6-3-15-46(50)48-19-10-18-44(56(48)57)38-12-9-13-41(33-38)59(40-28-25-37(26-29-40)43-17-11-23-54-55(43)49-16-5-8-22-53(49)60-54)42-30-31-47-45-14-4-7-21-51(45)58(52(47)34-42)35-36-24-27-39(58)32-36/h3-23,25-26,28-31,33-34,36,39H,24,27,32,35H2,1-2H3. The fourth-order valence-electron chi connectivity index (χ4n) is 12.7. The maximum Gasteiger partial charge on any atom is 0.136 e. The number of hydrogen-bond acceptors (Lipinski definition) is 2. The highest BCUT2D eigenvalue weighted by Crippen LogP contribution is 2.66. The summed E-state index contributed by atoms with van der Waals surface area (Å²) in [5, 5.41) is 2.32. The lowest BCUT2D eigenvalue weighted by molar-refractivity contribution is 0.327. The van der Waals surface area contributed by atoms with Gasteiger partial charge in [-0.2, -0.15) is 0 Å². The van der Waals surface area contributed by atoms with Crippen LogP contribution in [0.1, 0.15) is 61.8 Å². The molecule has 0 N–H and O–H groups in total. The van der Waals surface area contributed by atoms with Crippen LogP contribution < -0.4 is 4.90 Å². The number of fused-ring (bicyclic) bond motifs is 14. The van der Waals surface area contributed by atoms with Crippen molar-refractivity contribution in [1.82, 2.24) is 0 Å². The molecule has 4 aliphatic rings. The van der Waals surface area contributed by atoms with Crippen LogP contribution in [-0.2, 0) is 10.8 Å². The van der Waals surface area contributed by atoms with Gasteiger partial charge in [-0.1, -0.05) is 148 Å². The second-order valence-electron chi connectivity index (χ2n) is 18.4. The highest BCUT2D eigenvalue weighted by molar-refractivity contribution is 6.12. The summed E-state index contributed by atoms with van der Waals surface area (Å²) in [5.41, 5.74) is 21.7. The van der Waals surface area contributed by atoms with Crippen LogP contribution in [0.4, 0.5) is 17.1 Å². The van der Waals surface area contributed by atoms with Crippen molar-refractivity contribution in [3.63, 3.8) is 0 Å². The zero-order valence-electron chi connectivity index (χ0n) is 34.1. The van der Waals surface area contributed by atoms with Gasteiger partial charge in [-0.05, 0) is 146 Å². The summed E-state index contributed by atoms with van der Waals surface area (Å²) in [5.74, 6) is 1.52. The predicted molar refractivity (Wildman–Crippen MR) is 249 cm³/mol. The van der Waals surface area contributed by atoms with Crippen LogP contribution in [0, 0.1) is 11.8 Å². The molecule has 0 radical (unpaired) electrons. The van der Waals surface area contributed by atoms with Gasteiger partial charge in [0.15, 0.2) is 0 Å². The lowest BCUT2D eigenvalue weighted by atomic mass is 9.67. The molecule has 8 aromatic carbocycles. The first-order valence-electron chi connectivity index (χ1n) is 21.9. The molecule has 1 heterocycles. The molecular formula is C58H45NO. The van der Waals surface area contributed by atoms with Crippen LogP contribution in [0.15, 0.2) is 180 Å². The van der Waals surface area contributed by atoms with Gasteiger partial charge in [0.1, 0.15) is 11.2 Å². The number of rotatable bonds is 5. The lowest BCUT2D eigenvalue weighted by Gasteiger charge is -2.37. The molecule has 60 heavy (non-hydrogen) atoms. The van der Waals surface area contributed by atoms with Gasteiger partial charge in [0.25, 0.3) is 0 Å². The Labute approximate surface area is 351 Å². The molecule has 1 spiro atoms. The van der Waals surface area contributed by atoms with Gasteiger partial charge in [0, 0.05) is 38.7 Å². The van der Waals surface area contributed by atoms with Crippen molar-refractivity contribution in [2.75, 3.05) is 4.90 Å². The Morgan fingerprint density at radius 2 is 1.13 bits per heavy atom. The minimum Gasteiger partial charge on any atom is -0.456 e. The maximum absolute atomic E-state index is 6.31. The summed E-state index contributed by atoms with van der Waals surface area (Å²) in [6.07, 6.45) is 5.32. The topological polar surface area (TPSA) is 16.4 Å². The van der Waals surface area contributed by atoms with Crippen molar-refractivity contribution in [3.05, 3.63) is 198 Å². The number of benzene rings is 8. The fraction of sp³-hybridized carbons (Fsp3) is 0.172. The normalized spacial score (nSPS) is 20.1. The predicted octanol–water partition coefficient (Wildman–Crippen LogP) is 15.8. The quantitative estimate of drug-likeness (QED) is 0.173. The summed E-state index contributed by atoms with van der Waals surface area (Å²) >= 11 is 0. The van der Waals surface area contributed by atoms with E-state index in [0.717, 1.165) is 33.8 Å². The van der Waals surface area contributed by atoms with E-state index in [2.05, 4.69) is 189 Å². The highest BCUT2D eigenvalue weighted by atomic mass is 16.3. The van der Waals surface area contributed by atoms with Gasteiger partial charge >= 0.3 is 0 Å². The number of para-hydroxylation sites is 1. The first kappa shape index (κ1) is 34.2. The first-order chi connectivity index (χ1) is 29.5. The van der Waals surface area contributed by atoms with Crippen LogP contribution in [0.3, 0.4) is 0 Å². The molecule has 1 aromatic heterocycles. The monoisotopic (exact) mass is 771 g/mol. The van der Waals surface area contributed by atoms with E-state index < -0.39 is 0 Å². The van der Waals surface area contributed by atoms with Gasteiger partial charge in [-0.15, -0.1) is 0 Å². The second-order valence-corrected chi connectivity index (χ2v) is 18.4.